The van der Waals surface area contributed by atoms with Gasteiger partial charge in [-0.1, -0.05) is 0 Å². The minimum Gasteiger partial charge on any atom is -0.443 e. The Kier molecular flexibility index (Phi) is 10.2. The number of methoxy groups -OCH3 is 2. The van der Waals surface area contributed by atoms with E-state index < -0.39 is 48.6 Å². The largest absolute Gasteiger partial charge is 0.443 e. The van der Waals surface area contributed by atoms with Crippen molar-refractivity contribution in [3.63, 3.8) is 0 Å². The van der Waals surface area contributed by atoms with Crippen LogP contribution in [-0.4, -0.2) is 106 Å². The molecule has 6 N–H and O–H groups in total. The van der Waals surface area contributed by atoms with E-state index in [-0.39, 0.29) is 29.6 Å². The third kappa shape index (κ3) is 7.50. The van der Waals surface area contributed by atoms with Crippen LogP contribution in [-0.2, 0) is 32.2 Å². The maximum atomic E-state index is 16.5. The van der Waals surface area contributed by atoms with Gasteiger partial charge in [0.15, 0.2) is 11.6 Å². The number of nitrogens with one attached hydrogen (secondary N) is 6. The number of fused-ring (bicyclic) bond motifs is 2. The quantitative estimate of drug-likeness (QED) is 0.0559. The average Bonchev–Trinajstić information content (AvgIpc) is 3.93. The number of carbonyl (C=O) groups is 2. The zero-order chi connectivity index (χ0) is 47.6. The normalized spacial score (nSPS) is 32.2. The number of hydrogen-bond acceptors (Lipinski definition) is 13. The molecule has 2 amide bonds. The van der Waals surface area contributed by atoms with Crippen LogP contribution in [0.2, 0.25) is 0 Å². The summed E-state index contributed by atoms with van der Waals surface area (Å²) in [5, 5.41) is 28.8. The minimum absolute atomic E-state index is 0.101. The lowest BCUT2D eigenvalue weighted by molar-refractivity contribution is -0.742. The van der Waals surface area contributed by atoms with E-state index in [0.29, 0.717) is 96.5 Å². The van der Waals surface area contributed by atoms with Crippen molar-refractivity contribution in [1.29, 1.82) is 0 Å². The molecule has 9 aliphatic rings. The molecule has 2 unspecified atom stereocenters. The first-order valence-electron chi connectivity index (χ1n) is 24.6. The molecule has 0 aliphatic heterocycles. The summed E-state index contributed by atoms with van der Waals surface area (Å²) < 4.78 is 60.2. The van der Waals surface area contributed by atoms with Crippen LogP contribution in [0.4, 0.5) is 41.8 Å². The first kappa shape index (κ1) is 43.6. The molecule has 15 rings (SSSR count). The number of halogens is 2. The molecule has 9 fully saturated rings. The number of anilines is 4. The molecule has 20 nitrogen and oxygen atoms in total. The van der Waals surface area contributed by atoms with Gasteiger partial charge in [0.25, 0.3) is 0 Å². The van der Waals surface area contributed by atoms with Gasteiger partial charge in [-0.15, -0.1) is 0 Å². The first-order chi connectivity index (χ1) is 33.9. The summed E-state index contributed by atoms with van der Waals surface area (Å²) in [6, 6.07) is 5.46. The number of amides is 2. The summed E-state index contributed by atoms with van der Waals surface area (Å²) >= 11 is 0. The fourth-order valence-corrected chi connectivity index (χ4v) is 12.4. The molecule has 6 aromatic rings. The molecule has 22 heteroatoms. The number of rotatable bonds is 16. The molecule has 6 aromatic heterocycles. The SMILES string of the molecule is COCc1cn2c(Nc3cc([C@H]4CC[C@@H](OC(=O)NC56CC(C5)C6)[C@H]4F)[nH][n+]3C3CC3c3cn4nc(COC)cc4c(Nc4cc([C@@H]5CC[C@H](OC(=O)NC67CC(C6)C7)[C@H]5F)[nH]n4)n3)ncc(C)c2n1. The summed E-state index contributed by atoms with van der Waals surface area (Å²) in [5.41, 5.74) is 5.45. The Hall–Kier alpha value is -6.42. The molecule has 368 valence electrons. The van der Waals surface area contributed by atoms with Crippen LogP contribution in [0.5, 0.6) is 0 Å². The third-order valence-electron chi connectivity index (χ3n) is 16.3. The van der Waals surface area contributed by atoms with E-state index in [4.69, 9.17) is 39.0 Å². The topological polar surface area (TPSA) is 228 Å². The predicted molar refractivity (Wildman–Crippen MR) is 245 cm³/mol. The number of alkyl halides is 2. The van der Waals surface area contributed by atoms with Crippen molar-refractivity contribution in [2.24, 2.45) is 11.8 Å². The van der Waals surface area contributed by atoms with Gasteiger partial charge in [-0.05, 0) is 89.0 Å². The summed E-state index contributed by atoms with van der Waals surface area (Å²) in [4.78, 5) is 40.3. The van der Waals surface area contributed by atoms with Crippen LogP contribution >= 0.6 is 0 Å². The van der Waals surface area contributed by atoms with E-state index in [1.165, 1.54) is 0 Å². The lowest BCUT2D eigenvalue weighted by atomic mass is 9.50. The second-order valence-electron chi connectivity index (χ2n) is 21.3. The molecule has 0 spiro atoms. The average molecular weight is 964 g/mol. The molecule has 0 saturated heterocycles. The van der Waals surface area contributed by atoms with E-state index in [9.17, 15) is 9.59 Å². The van der Waals surface area contributed by atoms with Gasteiger partial charge < -0.3 is 34.9 Å². The number of imidazole rings is 1. The van der Waals surface area contributed by atoms with Crippen LogP contribution in [0.3, 0.4) is 0 Å². The van der Waals surface area contributed by atoms with E-state index in [1.807, 2.05) is 40.5 Å². The van der Waals surface area contributed by atoms with Gasteiger partial charge in [0.05, 0.1) is 48.3 Å². The van der Waals surface area contributed by atoms with Gasteiger partial charge in [0, 0.05) is 79.2 Å². The van der Waals surface area contributed by atoms with Crippen LogP contribution in [0.1, 0.15) is 128 Å². The molecular weight excluding hydrogens is 907 g/mol. The van der Waals surface area contributed by atoms with Gasteiger partial charge in [0.2, 0.25) is 0 Å². The van der Waals surface area contributed by atoms with Gasteiger partial charge in [-0.25, -0.2) is 52.7 Å². The highest BCUT2D eigenvalue weighted by molar-refractivity contribution is 5.73. The Balaban J connectivity index is 0.767. The molecular formula is C48H57F2N14O6+. The highest BCUT2D eigenvalue weighted by Crippen LogP contribution is 2.58. The van der Waals surface area contributed by atoms with E-state index in [1.54, 1.807) is 31.0 Å². The van der Waals surface area contributed by atoms with Crippen molar-refractivity contribution in [3.05, 3.63) is 70.8 Å². The van der Waals surface area contributed by atoms with Gasteiger partial charge in [-0.2, -0.15) is 14.9 Å². The monoisotopic (exact) mass is 963 g/mol. The van der Waals surface area contributed by atoms with E-state index in [2.05, 4.69) is 36.6 Å². The van der Waals surface area contributed by atoms with Crippen molar-refractivity contribution >= 4 is 46.8 Å². The van der Waals surface area contributed by atoms with Crippen LogP contribution < -0.4 is 25.9 Å². The fraction of sp³-hybridized carbons (Fsp3) is 0.583. The summed E-state index contributed by atoms with van der Waals surface area (Å²) in [6.07, 6.45) is 8.28. The number of aromatic nitrogens is 10. The van der Waals surface area contributed by atoms with Crippen molar-refractivity contribution in [2.45, 2.75) is 150 Å². The highest BCUT2D eigenvalue weighted by Gasteiger charge is 2.59. The second kappa shape index (κ2) is 16.3. The molecule has 8 atom stereocenters. The van der Waals surface area contributed by atoms with E-state index in [0.717, 1.165) is 61.1 Å². The number of hydrogen-bond donors (Lipinski definition) is 6. The first-order valence-corrected chi connectivity index (χ1v) is 24.6. The lowest BCUT2D eigenvalue weighted by Crippen LogP contribution is -2.68. The Morgan fingerprint density at radius 3 is 2.11 bits per heavy atom. The molecule has 9 aliphatic carbocycles. The smallest absolute Gasteiger partial charge is 0.407 e. The Morgan fingerprint density at radius 2 is 1.47 bits per heavy atom. The molecule has 0 radical (unpaired) electrons. The predicted octanol–water partition coefficient (Wildman–Crippen LogP) is 6.65. The lowest BCUT2D eigenvalue weighted by Gasteiger charge is -2.61. The number of alkyl carbamates (subject to hydrolysis) is 2. The number of carbonyl (C=O) groups excluding carboxylic acids is 2. The summed E-state index contributed by atoms with van der Waals surface area (Å²) in [5.74, 6) is 2.31. The molecule has 4 bridgehead atoms. The van der Waals surface area contributed by atoms with Gasteiger partial charge in [0.1, 0.15) is 41.8 Å². The Labute approximate surface area is 400 Å². The van der Waals surface area contributed by atoms with Crippen molar-refractivity contribution < 1.29 is 42.0 Å². The second-order valence-corrected chi connectivity index (χ2v) is 21.3. The Bertz CT molecular complexity index is 3010. The van der Waals surface area contributed by atoms with Crippen molar-refractivity contribution in [3.8, 4) is 0 Å². The summed E-state index contributed by atoms with van der Waals surface area (Å²) in [7, 11) is 3.24. The fourth-order valence-electron chi connectivity index (χ4n) is 12.4. The van der Waals surface area contributed by atoms with Crippen LogP contribution in [0, 0.1) is 18.8 Å². The number of aryl methyl sites for hydroxylation is 1. The maximum Gasteiger partial charge on any atom is 0.407 e. The number of aromatic amines is 2. The van der Waals surface area contributed by atoms with E-state index >= 15 is 8.78 Å². The highest BCUT2D eigenvalue weighted by atomic mass is 19.1. The van der Waals surface area contributed by atoms with Crippen molar-refractivity contribution in [2.75, 3.05) is 24.9 Å². The molecule has 9 saturated carbocycles. The number of H-pyrrole nitrogens is 2. The molecule has 0 aromatic carbocycles. The van der Waals surface area contributed by atoms with Crippen LogP contribution in [0.15, 0.2) is 36.8 Å². The minimum atomic E-state index is -1.42. The zero-order valence-corrected chi connectivity index (χ0v) is 39.2. The molecule has 70 heavy (non-hydrogen) atoms. The van der Waals surface area contributed by atoms with Gasteiger partial charge in [-0.3, -0.25) is 5.10 Å². The number of ether oxygens (including phenoxy) is 4. The van der Waals surface area contributed by atoms with Gasteiger partial charge >= 0.3 is 24.0 Å². The molecule has 6 heterocycles. The third-order valence-corrected chi connectivity index (χ3v) is 16.3. The number of nitrogens with zero attached hydrogens (tertiary/aromatic N) is 8. The zero-order valence-electron chi connectivity index (χ0n) is 39.2. The van der Waals surface area contributed by atoms with Crippen LogP contribution in [0.25, 0.3) is 11.2 Å². The summed E-state index contributed by atoms with van der Waals surface area (Å²) in [6.45, 7) is 2.56. The maximum absolute atomic E-state index is 16.5. The Morgan fingerprint density at radius 1 is 0.814 bits per heavy atom. The van der Waals surface area contributed by atoms with Crippen molar-refractivity contribution in [1.82, 2.24) is 54.9 Å². The standard InChI is InChI=1S/C48H56F2N14O6/c1-23-18-51-44(62-19-27(22-68-3)52-43(23)62)55-39-11-32(29-5-7-37(41(29)50)70-46(66)57-48-15-25(16-48)17-48)61-64(39)34-9-30(34)33-20-63-35(8-26(60-63)21-67-2)42(53-33)54-38-10-31(58-59-38)28-4-6-36(40(28)49)69-45(65)56-47-12-24(13-47)14-47/h8,10-11,18-20,24-25,28-30,34,36-37,40-41H,4-7,9,12-17,21-22H2,1-3H3,(H5,51,52,53,54,55,56,57,58,59,60,61,65,66)/p+1/t24?,25?,28-,29+,30?,34?,36-,37+,40-,41-,47?,48?/m0/s1.